The van der Waals surface area contributed by atoms with Crippen LogP contribution in [0.5, 0.6) is 0 Å². The molecule has 4 heteroatoms. The lowest BCUT2D eigenvalue weighted by Crippen LogP contribution is -2.12. The van der Waals surface area contributed by atoms with Crippen LogP contribution in [0.25, 0.3) is 0 Å². The van der Waals surface area contributed by atoms with Crippen molar-refractivity contribution >= 4 is 17.0 Å². The summed E-state index contributed by atoms with van der Waals surface area (Å²) < 4.78 is 0. The molecule has 1 aliphatic heterocycles. The van der Waals surface area contributed by atoms with E-state index in [1.807, 2.05) is 6.92 Å². The minimum Gasteiger partial charge on any atom is -0.384 e. The first-order chi connectivity index (χ1) is 8.81. The average Bonchev–Trinajstić information content (AvgIpc) is 2.97. The van der Waals surface area contributed by atoms with E-state index in [1.54, 1.807) is 11.3 Å². The Hall–Kier alpha value is -1.39. The second-order valence-corrected chi connectivity index (χ2v) is 5.60. The van der Waals surface area contributed by atoms with Gasteiger partial charge in [0.05, 0.1) is 0 Å². The first-order valence-electron chi connectivity index (χ1n) is 6.29. The summed E-state index contributed by atoms with van der Waals surface area (Å²) in [5.74, 6) is 0. The fourth-order valence-electron chi connectivity index (χ4n) is 2.27. The molecule has 3 nitrogen and oxygen atoms in total. The first-order valence-corrected chi connectivity index (χ1v) is 7.16. The number of hydrogen-bond acceptors (Lipinski definition) is 4. The summed E-state index contributed by atoms with van der Waals surface area (Å²) in [6.45, 7) is 4.87. The average molecular weight is 259 g/mol. The Morgan fingerprint density at radius 1 is 1.39 bits per heavy atom. The van der Waals surface area contributed by atoms with Crippen molar-refractivity contribution in [3.63, 3.8) is 0 Å². The molecule has 0 unspecified atom stereocenters. The van der Waals surface area contributed by atoms with Crippen molar-refractivity contribution in [1.82, 2.24) is 10.3 Å². The van der Waals surface area contributed by atoms with Crippen molar-refractivity contribution in [3.8, 4) is 0 Å². The zero-order chi connectivity index (χ0) is 12.4. The number of anilines is 1. The molecular formula is C14H17N3S. The summed E-state index contributed by atoms with van der Waals surface area (Å²) in [5.41, 5.74) is 5.21. The number of thiazole rings is 1. The molecule has 3 rings (SSSR count). The Morgan fingerprint density at radius 3 is 3.17 bits per heavy atom. The summed E-state index contributed by atoms with van der Waals surface area (Å²) in [6.07, 6.45) is 1.15. The van der Waals surface area contributed by atoms with Gasteiger partial charge in [0.15, 0.2) is 0 Å². The number of aromatic nitrogens is 1. The van der Waals surface area contributed by atoms with Gasteiger partial charge in [-0.05, 0) is 30.5 Å². The third-order valence-corrected chi connectivity index (χ3v) is 4.12. The van der Waals surface area contributed by atoms with Gasteiger partial charge in [-0.3, -0.25) is 0 Å². The monoisotopic (exact) mass is 259 g/mol. The largest absolute Gasteiger partial charge is 0.384 e. The number of rotatable bonds is 4. The Labute approximate surface area is 111 Å². The second-order valence-electron chi connectivity index (χ2n) is 4.65. The third kappa shape index (κ3) is 2.54. The Balaban J connectivity index is 1.57. The van der Waals surface area contributed by atoms with Crippen LogP contribution in [0, 0.1) is 6.92 Å². The molecule has 0 fully saturated rings. The van der Waals surface area contributed by atoms with Gasteiger partial charge >= 0.3 is 0 Å². The molecule has 0 saturated carbocycles. The molecule has 0 bridgehead atoms. The predicted octanol–water partition coefficient (Wildman–Crippen LogP) is 2.71. The number of benzene rings is 1. The van der Waals surface area contributed by atoms with E-state index in [1.165, 1.54) is 16.8 Å². The molecule has 0 spiro atoms. The van der Waals surface area contributed by atoms with Crippen LogP contribution in [0.3, 0.4) is 0 Å². The summed E-state index contributed by atoms with van der Waals surface area (Å²) in [5, 5.41) is 10.1. The number of nitrogens with one attached hydrogen (secondary N) is 2. The summed E-state index contributed by atoms with van der Waals surface area (Å²) in [4.78, 5) is 4.45. The highest BCUT2D eigenvalue weighted by Gasteiger charge is 2.09. The van der Waals surface area contributed by atoms with Crippen LogP contribution in [-0.4, -0.2) is 11.5 Å². The number of aryl methyl sites for hydroxylation is 1. The molecule has 0 aliphatic carbocycles. The molecule has 1 aromatic heterocycles. The standard InChI is InChI=1S/C14H17N3S/c1-10-9-18-14(17-10)8-15-7-11-2-3-13-12(6-11)4-5-16-13/h2-3,6,9,15-16H,4-5,7-8H2,1H3. The molecule has 2 aromatic rings. The molecule has 2 heterocycles. The maximum atomic E-state index is 4.45. The summed E-state index contributed by atoms with van der Waals surface area (Å²) in [6, 6.07) is 6.68. The van der Waals surface area contributed by atoms with Crippen LogP contribution in [0.1, 0.15) is 21.8 Å². The molecule has 0 atom stereocenters. The van der Waals surface area contributed by atoms with E-state index >= 15 is 0 Å². The van der Waals surface area contributed by atoms with Crippen molar-refractivity contribution in [2.24, 2.45) is 0 Å². The second kappa shape index (κ2) is 5.08. The SMILES string of the molecule is Cc1csc(CNCc2ccc3c(c2)CCN3)n1. The van der Waals surface area contributed by atoms with E-state index in [4.69, 9.17) is 0 Å². The third-order valence-electron chi connectivity index (χ3n) is 3.15. The number of hydrogen-bond donors (Lipinski definition) is 2. The van der Waals surface area contributed by atoms with Crippen LogP contribution < -0.4 is 10.6 Å². The van der Waals surface area contributed by atoms with Crippen LogP contribution in [0.4, 0.5) is 5.69 Å². The maximum absolute atomic E-state index is 4.45. The lowest BCUT2D eigenvalue weighted by atomic mass is 10.1. The highest BCUT2D eigenvalue weighted by atomic mass is 32.1. The molecule has 0 amide bonds. The molecule has 1 aliphatic rings. The van der Waals surface area contributed by atoms with E-state index in [0.29, 0.717) is 0 Å². The molecule has 18 heavy (non-hydrogen) atoms. The Morgan fingerprint density at radius 2 is 2.33 bits per heavy atom. The highest BCUT2D eigenvalue weighted by Crippen LogP contribution is 2.22. The van der Waals surface area contributed by atoms with Gasteiger partial charge in [-0.25, -0.2) is 4.98 Å². The van der Waals surface area contributed by atoms with Gasteiger partial charge in [0.25, 0.3) is 0 Å². The van der Waals surface area contributed by atoms with Crippen molar-refractivity contribution in [1.29, 1.82) is 0 Å². The van der Waals surface area contributed by atoms with E-state index < -0.39 is 0 Å². The smallest absolute Gasteiger partial charge is 0.107 e. The Kier molecular flexibility index (Phi) is 3.30. The van der Waals surface area contributed by atoms with E-state index in [-0.39, 0.29) is 0 Å². The minimum atomic E-state index is 0.855. The molecule has 94 valence electrons. The van der Waals surface area contributed by atoms with Crippen molar-refractivity contribution < 1.29 is 0 Å². The van der Waals surface area contributed by atoms with Crippen LogP contribution in [0.2, 0.25) is 0 Å². The predicted molar refractivity (Wildman–Crippen MR) is 76.0 cm³/mol. The van der Waals surface area contributed by atoms with Crippen molar-refractivity contribution in [2.75, 3.05) is 11.9 Å². The van der Waals surface area contributed by atoms with Gasteiger partial charge < -0.3 is 10.6 Å². The quantitative estimate of drug-likeness (QED) is 0.886. The highest BCUT2D eigenvalue weighted by molar-refractivity contribution is 7.09. The van der Waals surface area contributed by atoms with E-state index in [2.05, 4.69) is 39.2 Å². The summed E-state index contributed by atoms with van der Waals surface area (Å²) >= 11 is 1.72. The fourth-order valence-corrected chi connectivity index (χ4v) is 3.01. The van der Waals surface area contributed by atoms with Gasteiger partial charge in [0.1, 0.15) is 5.01 Å². The fraction of sp³-hybridized carbons (Fsp3) is 0.357. The van der Waals surface area contributed by atoms with Crippen molar-refractivity contribution in [2.45, 2.75) is 26.4 Å². The Bertz CT molecular complexity index is 548. The number of nitrogens with zero attached hydrogens (tertiary/aromatic N) is 1. The van der Waals surface area contributed by atoms with Gasteiger partial charge in [0.2, 0.25) is 0 Å². The normalized spacial score (nSPS) is 13.4. The summed E-state index contributed by atoms with van der Waals surface area (Å²) in [7, 11) is 0. The number of fused-ring (bicyclic) bond motifs is 1. The van der Waals surface area contributed by atoms with Gasteiger partial charge in [0, 0.05) is 36.4 Å². The molecular weight excluding hydrogens is 242 g/mol. The van der Waals surface area contributed by atoms with Crippen molar-refractivity contribution in [3.05, 3.63) is 45.4 Å². The minimum absolute atomic E-state index is 0.855. The molecule has 0 radical (unpaired) electrons. The topological polar surface area (TPSA) is 37.0 Å². The lowest BCUT2D eigenvalue weighted by molar-refractivity contribution is 0.688. The van der Waals surface area contributed by atoms with Crippen LogP contribution in [-0.2, 0) is 19.5 Å². The lowest BCUT2D eigenvalue weighted by Gasteiger charge is -2.05. The molecule has 2 N–H and O–H groups in total. The molecule has 1 aromatic carbocycles. The van der Waals surface area contributed by atoms with E-state index in [9.17, 15) is 0 Å². The van der Waals surface area contributed by atoms with Gasteiger partial charge in [-0.2, -0.15) is 0 Å². The van der Waals surface area contributed by atoms with E-state index in [0.717, 1.165) is 36.8 Å². The zero-order valence-corrected chi connectivity index (χ0v) is 11.3. The molecule has 0 saturated heterocycles. The van der Waals surface area contributed by atoms with Gasteiger partial charge in [-0.1, -0.05) is 12.1 Å². The van der Waals surface area contributed by atoms with Crippen LogP contribution >= 0.6 is 11.3 Å². The maximum Gasteiger partial charge on any atom is 0.107 e. The first kappa shape index (κ1) is 11.7. The van der Waals surface area contributed by atoms with Crippen LogP contribution in [0.15, 0.2) is 23.6 Å². The van der Waals surface area contributed by atoms with Gasteiger partial charge in [-0.15, -0.1) is 11.3 Å². The zero-order valence-electron chi connectivity index (χ0n) is 10.5.